The number of unbranched alkanes of at least 4 members (excludes halogenated alkanes) is 1. The van der Waals surface area contributed by atoms with Gasteiger partial charge < -0.3 is 20.2 Å². The van der Waals surface area contributed by atoms with E-state index in [1.165, 1.54) is 0 Å². The number of urea groups is 1. The summed E-state index contributed by atoms with van der Waals surface area (Å²) in [7, 11) is 4.07. The van der Waals surface area contributed by atoms with Crippen LogP contribution < -0.4 is 5.32 Å². The zero-order chi connectivity index (χ0) is 15.2. The number of aliphatic carboxylic acids is 1. The molecule has 2 amide bonds. The van der Waals surface area contributed by atoms with Gasteiger partial charge in [-0.15, -0.1) is 0 Å². The minimum absolute atomic E-state index is 0.0673. The molecule has 1 aliphatic rings. The second-order valence-corrected chi connectivity index (χ2v) is 6.10. The molecule has 0 bridgehead atoms. The highest BCUT2D eigenvalue weighted by molar-refractivity contribution is 5.76. The molecule has 0 spiro atoms. The van der Waals surface area contributed by atoms with Gasteiger partial charge in [-0.25, -0.2) is 4.79 Å². The quantitative estimate of drug-likeness (QED) is 0.720. The Morgan fingerprint density at radius 2 is 1.85 bits per heavy atom. The Morgan fingerprint density at radius 1 is 1.25 bits per heavy atom. The van der Waals surface area contributed by atoms with Gasteiger partial charge in [0.05, 0.1) is 5.41 Å². The van der Waals surface area contributed by atoms with Crippen LogP contribution in [0.15, 0.2) is 0 Å². The molecule has 20 heavy (non-hydrogen) atoms. The summed E-state index contributed by atoms with van der Waals surface area (Å²) in [5, 5.41) is 12.0. The molecule has 1 fully saturated rings. The summed E-state index contributed by atoms with van der Waals surface area (Å²) in [6, 6.07) is -0.0673. The van der Waals surface area contributed by atoms with Crippen LogP contribution in [0.5, 0.6) is 0 Å². The first kappa shape index (κ1) is 16.8. The van der Waals surface area contributed by atoms with E-state index in [0.717, 1.165) is 19.4 Å². The second-order valence-electron chi connectivity index (χ2n) is 6.10. The normalized spacial score (nSPS) is 18.1. The molecule has 0 aromatic carbocycles. The number of carboxylic acids is 1. The van der Waals surface area contributed by atoms with Crippen molar-refractivity contribution in [2.45, 2.75) is 32.6 Å². The van der Waals surface area contributed by atoms with Crippen LogP contribution in [0.2, 0.25) is 0 Å². The maximum Gasteiger partial charge on any atom is 0.317 e. The topological polar surface area (TPSA) is 72.9 Å². The van der Waals surface area contributed by atoms with Crippen molar-refractivity contribution in [3.8, 4) is 0 Å². The van der Waals surface area contributed by atoms with E-state index in [-0.39, 0.29) is 6.03 Å². The van der Waals surface area contributed by atoms with Crippen molar-refractivity contribution < 1.29 is 14.7 Å². The first-order chi connectivity index (χ1) is 9.35. The van der Waals surface area contributed by atoms with E-state index in [1.807, 2.05) is 14.1 Å². The van der Waals surface area contributed by atoms with Crippen LogP contribution in [0.4, 0.5) is 4.79 Å². The smallest absolute Gasteiger partial charge is 0.317 e. The Balaban J connectivity index is 2.21. The molecule has 6 heteroatoms. The van der Waals surface area contributed by atoms with E-state index >= 15 is 0 Å². The van der Waals surface area contributed by atoms with Crippen LogP contribution in [-0.2, 0) is 4.79 Å². The van der Waals surface area contributed by atoms with E-state index in [0.29, 0.717) is 32.5 Å². The average molecular weight is 285 g/mol. The lowest BCUT2D eigenvalue weighted by molar-refractivity contribution is -0.150. The number of carboxylic acid groups (broad SMARTS) is 1. The summed E-state index contributed by atoms with van der Waals surface area (Å²) in [5.41, 5.74) is -0.678. The Bertz CT molecular complexity index is 337. The number of piperidine rings is 1. The Morgan fingerprint density at radius 3 is 2.35 bits per heavy atom. The highest BCUT2D eigenvalue weighted by Crippen LogP contribution is 2.30. The van der Waals surface area contributed by atoms with Crippen molar-refractivity contribution in [1.29, 1.82) is 0 Å². The minimum Gasteiger partial charge on any atom is -0.481 e. The molecule has 1 heterocycles. The van der Waals surface area contributed by atoms with Gasteiger partial charge >= 0.3 is 12.0 Å². The largest absolute Gasteiger partial charge is 0.481 e. The van der Waals surface area contributed by atoms with Crippen LogP contribution in [-0.4, -0.2) is 67.2 Å². The highest BCUT2D eigenvalue weighted by Gasteiger charge is 2.37. The molecule has 116 valence electrons. The summed E-state index contributed by atoms with van der Waals surface area (Å²) in [6.07, 6.45) is 3.07. The lowest BCUT2D eigenvalue weighted by atomic mass is 9.80. The van der Waals surface area contributed by atoms with E-state index in [4.69, 9.17) is 5.11 Å². The van der Waals surface area contributed by atoms with E-state index < -0.39 is 11.4 Å². The van der Waals surface area contributed by atoms with E-state index in [9.17, 15) is 9.59 Å². The number of hydrogen-bond donors (Lipinski definition) is 2. The van der Waals surface area contributed by atoms with Crippen molar-refractivity contribution in [3.05, 3.63) is 0 Å². The average Bonchev–Trinajstić information content (AvgIpc) is 2.38. The first-order valence-corrected chi connectivity index (χ1v) is 7.26. The zero-order valence-corrected chi connectivity index (χ0v) is 12.8. The monoisotopic (exact) mass is 285 g/mol. The fraction of sp³-hybridized carbons (Fsp3) is 0.857. The third kappa shape index (κ3) is 5.00. The molecule has 1 aliphatic heterocycles. The van der Waals surface area contributed by atoms with Crippen molar-refractivity contribution in [2.75, 3.05) is 40.3 Å². The van der Waals surface area contributed by atoms with Gasteiger partial charge in [0.2, 0.25) is 0 Å². The lowest BCUT2D eigenvalue weighted by Crippen LogP contribution is -2.48. The lowest BCUT2D eigenvalue weighted by Gasteiger charge is -2.36. The van der Waals surface area contributed by atoms with Gasteiger partial charge in [0.15, 0.2) is 0 Å². The van der Waals surface area contributed by atoms with Gasteiger partial charge in [-0.05, 0) is 53.2 Å². The molecule has 0 atom stereocenters. The molecule has 2 N–H and O–H groups in total. The highest BCUT2D eigenvalue weighted by atomic mass is 16.4. The van der Waals surface area contributed by atoms with Gasteiger partial charge in [0.1, 0.15) is 0 Å². The molecular weight excluding hydrogens is 258 g/mol. The standard InChI is InChI=1S/C14H27N3O3/c1-14(12(18)19)6-10-17(11-7-14)13(20)15-8-4-5-9-16(2)3/h4-11H2,1-3H3,(H,15,20)(H,18,19). The number of rotatable bonds is 6. The van der Waals surface area contributed by atoms with Gasteiger partial charge in [-0.2, -0.15) is 0 Å². The van der Waals surface area contributed by atoms with Gasteiger partial charge in [0.25, 0.3) is 0 Å². The number of carbonyl (C=O) groups is 2. The van der Waals surface area contributed by atoms with E-state index in [2.05, 4.69) is 10.2 Å². The number of likely N-dealkylation sites (tertiary alicyclic amines) is 1. The Hall–Kier alpha value is -1.30. The summed E-state index contributed by atoms with van der Waals surface area (Å²) in [6.45, 7) is 4.50. The molecule has 0 saturated carbocycles. The summed E-state index contributed by atoms with van der Waals surface area (Å²) >= 11 is 0. The fourth-order valence-corrected chi connectivity index (χ4v) is 2.28. The molecule has 0 aromatic rings. The van der Waals surface area contributed by atoms with Crippen molar-refractivity contribution in [2.24, 2.45) is 5.41 Å². The molecule has 0 aromatic heterocycles. The Labute approximate surface area is 121 Å². The molecule has 0 aliphatic carbocycles. The number of nitrogens with one attached hydrogen (secondary N) is 1. The second kappa shape index (κ2) is 7.47. The van der Waals surface area contributed by atoms with Crippen LogP contribution in [0.25, 0.3) is 0 Å². The van der Waals surface area contributed by atoms with Gasteiger partial charge in [-0.3, -0.25) is 4.79 Å². The number of nitrogens with zero attached hydrogens (tertiary/aromatic N) is 2. The SMILES string of the molecule is CN(C)CCCCNC(=O)N1CCC(C)(C(=O)O)CC1. The maximum atomic E-state index is 11.9. The fourth-order valence-electron chi connectivity index (χ4n) is 2.28. The zero-order valence-electron chi connectivity index (χ0n) is 12.8. The molecular formula is C14H27N3O3. The van der Waals surface area contributed by atoms with Crippen molar-refractivity contribution in [1.82, 2.24) is 15.1 Å². The van der Waals surface area contributed by atoms with Crippen molar-refractivity contribution in [3.63, 3.8) is 0 Å². The molecule has 6 nitrogen and oxygen atoms in total. The molecule has 0 radical (unpaired) electrons. The summed E-state index contributed by atoms with van der Waals surface area (Å²) in [5.74, 6) is -0.763. The van der Waals surface area contributed by atoms with Crippen LogP contribution in [0.1, 0.15) is 32.6 Å². The number of carbonyl (C=O) groups excluding carboxylic acids is 1. The predicted octanol–water partition coefficient (Wildman–Crippen LogP) is 1.22. The summed E-state index contributed by atoms with van der Waals surface area (Å²) in [4.78, 5) is 26.9. The molecule has 1 rings (SSSR count). The third-order valence-corrected chi connectivity index (χ3v) is 3.98. The molecule has 1 saturated heterocycles. The number of amides is 2. The van der Waals surface area contributed by atoms with Gasteiger partial charge in [0, 0.05) is 19.6 Å². The van der Waals surface area contributed by atoms with Crippen molar-refractivity contribution >= 4 is 12.0 Å². The van der Waals surface area contributed by atoms with Crippen LogP contribution in [0.3, 0.4) is 0 Å². The van der Waals surface area contributed by atoms with Crippen LogP contribution >= 0.6 is 0 Å². The van der Waals surface area contributed by atoms with Crippen LogP contribution in [0, 0.1) is 5.41 Å². The van der Waals surface area contributed by atoms with Gasteiger partial charge in [-0.1, -0.05) is 0 Å². The predicted molar refractivity (Wildman–Crippen MR) is 77.7 cm³/mol. The molecule has 0 unspecified atom stereocenters. The number of hydrogen-bond acceptors (Lipinski definition) is 3. The van der Waals surface area contributed by atoms with E-state index in [1.54, 1.807) is 11.8 Å². The minimum atomic E-state index is -0.763. The maximum absolute atomic E-state index is 11.9. The summed E-state index contributed by atoms with van der Waals surface area (Å²) < 4.78 is 0. The first-order valence-electron chi connectivity index (χ1n) is 7.26. The Kier molecular flexibility index (Phi) is 6.26. The third-order valence-electron chi connectivity index (χ3n) is 3.98.